The monoisotopic (exact) mass is 259 g/mol. The Bertz CT molecular complexity index is 632. The van der Waals surface area contributed by atoms with E-state index < -0.39 is 0 Å². The van der Waals surface area contributed by atoms with Crippen LogP contribution in [-0.4, -0.2) is 34.1 Å². The van der Waals surface area contributed by atoms with Gasteiger partial charge in [0.25, 0.3) is 0 Å². The summed E-state index contributed by atoms with van der Waals surface area (Å²) in [6, 6.07) is 6.40. The first-order chi connectivity index (χ1) is 9.20. The maximum Gasteiger partial charge on any atom is 0.326 e. The lowest BCUT2D eigenvalue weighted by molar-refractivity contribution is 0.195. The summed E-state index contributed by atoms with van der Waals surface area (Å²) in [6.45, 7) is 7.56. The number of aromatic nitrogens is 2. The Hall–Kier alpha value is -1.55. The van der Waals surface area contributed by atoms with Gasteiger partial charge < -0.3 is 9.88 Å². The first-order valence-electron chi connectivity index (χ1n) is 7.13. The first-order valence-corrected chi connectivity index (χ1v) is 7.13. The van der Waals surface area contributed by atoms with Gasteiger partial charge in [0.1, 0.15) is 0 Å². The molecule has 4 heteroatoms. The minimum atomic E-state index is 0.0410. The third kappa shape index (κ3) is 2.10. The summed E-state index contributed by atoms with van der Waals surface area (Å²) in [5, 5.41) is 0. The van der Waals surface area contributed by atoms with Gasteiger partial charge in [0.05, 0.1) is 11.0 Å². The van der Waals surface area contributed by atoms with Gasteiger partial charge in [-0.3, -0.25) is 4.57 Å². The number of likely N-dealkylation sites (tertiary alicyclic amines) is 1. The molecule has 0 aliphatic carbocycles. The molecular weight excluding hydrogens is 238 g/mol. The van der Waals surface area contributed by atoms with E-state index in [9.17, 15) is 4.79 Å². The highest BCUT2D eigenvalue weighted by atomic mass is 16.1. The fourth-order valence-corrected chi connectivity index (χ4v) is 3.20. The minimum Gasteiger partial charge on any atom is -0.306 e. The maximum atomic E-state index is 12.2. The molecule has 1 aromatic carbocycles. The van der Waals surface area contributed by atoms with Gasteiger partial charge in [-0.25, -0.2) is 4.79 Å². The molecule has 0 unspecified atom stereocenters. The van der Waals surface area contributed by atoms with E-state index >= 15 is 0 Å². The van der Waals surface area contributed by atoms with Crippen LogP contribution in [0.25, 0.3) is 11.0 Å². The molecule has 19 heavy (non-hydrogen) atoms. The van der Waals surface area contributed by atoms with Gasteiger partial charge in [-0.1, -0.05) is 19.1 Å². The Kier molecular flexibility index (Phi) is 3.19. The zero-order valence-electron chi connectivity index (χ0n) is 11.6. The molecule has 0 saturated carbocycles. The summed E-state index contributed by atoms with van der Waals surface area (Å²) >= 11 is 0. The maximum absolute atomic E-state index is 12.2. The van der Waals surface area contributed by atoms with E-state index in [1.54, 1.807) is 0 Å². The van der Waals surface area contributed by atoms with Crippen molar-refractivity contribution in [1.82, 2.24) is 14.5 Å². The third-order valence-electron chi connectivity index (χ3n) is 4.31. The van der Waals surface area contributed by atoms with Crippen LogP contribution in [-0.2, 0) is 0 Å². The lowest BCUT2D eigenvalue weighted by atomic mass is 10.0. The molecule has 0 radical (unpaired) electrons. The quantitative estimate of drug-likeness (QED) is 0.899. The van der Waals surface area contributed by atoms with Gasteiger partial charge in [-0.05, 0) is 37.9 Å². The van der Waals surface area contributed by atoms with Crippen molar-refractivity contribution in [2.45, 2.75) is 32.7 Å². The number of benzene rings is 1. The van der Waals surface area contributed by atoms with Gasteiger partial charge in [0.2, 0.25) is 0 Å². The number of nitrogens with zero attached hydrogens (tertiary/aromatic N) is 2. The van der Waals surface area contributed by atoms with E-state index in [4.69, 9.17) is 0 Å². The van der Waals surface area contributed by atoms with Crippen LogP contribution in [0.1, 0.15) is 31.4 Å². The number of nitrogens with one attached hydrogen (secondary N) is 1. The Morgan fingerprint density at radius 3 is 2.74 bits per heavy atom. The minimum absolute atomic E-state index is 0.0410. The lowest BCUT2D eigenvalue weighted by Gasteiger charge is -2.31. The Morgan fingerprint density at radius 1 is 1.32 bits per heavy atom. The molecule has 1 fully saturated rings. The predicted molar refractivity (Wildman–Crippen MR) is 77.7 cm³/mol. The average Bonchev–Trinajstić information content (AvgIpc) is 2.76. The van der Waals surface area contributed by atoms with Gasteiger partial charge >= 0.3 is 5.69 Å². The molecular formula is C15H21N3O. The zero-order valence-corrected chi connectivity index (χ0v) is 11.6. The molecule has 1 N–H and O–H groups in total. The normalized spacial score (nSPS) is 18.2. The first kappa shape index (κ1) is 12.5. The number of rotatable bonds is 2. The Labute approximate surface area is 113 Å². The highest BCUT2D eigenvalue weighted by Crippen LogP contribution is 2.26. The second-order valence-electron chi connectivity index (χ2n) is 5.44. The van der Waals surface area contributed by atoms with E-state index in [0.29, 0.717) is 6.04 Å². The SMILES string of the molecule is CCN1CCC(n2c(=O)[nH]c3cccc(C)c32)CC1. The standard InChI is InChI=1S/C15H21N3O/c1-3-17-9-7-12(8-10-17)18-14-11(2)5-4-6-13(14)16-15(18)19/h4-6,12H,3,7-10H2,1-2H3,(H,16,19). The number of hydrogen-bond acceptors (Lipinski definition) is 2. The zero-order chi connectivity index (χ0) is 13.4. The molecule has 0 amide bonds. The van der Waals surface area contributed by atoms with Crippen molar-refractivity contribution in [3.05, 3.63) is 34.2 Å². The summed E-state index contributed by atoms with van der Waals surface area (Å²) in [5.74, 6) is 0. The van der Waals surface area contributed by atoms with Crippen LogP contribution < -0.4 is 5.69 Å². The number of imidazole rings is 1. The van der Waals surface area contributed by atoms with Crippen LogP contribution in [0.5, 0.6) is 0 Å². The molecule has 1 aliphatic heterocycles. The van der Waals surface area contributed by atoms with Gasteiger partial charge in [0.15, 0.2) is 0 Å². The molecule has 2 heterocycles. The summed E-state index contributed by atoms with van der Waals surface area (Å²) in [4.78, 5) is 17.7. The highest BCUT2D eigenvalue weighted by Gasteiger charge is 2.23. The second-order valence-corrected chi connectivity index (χ2v) is 5.44. The van der Waals surface area contributed by atoms with Crippen LogP contribution in [0.2, 0.25) is 0 Å². The Morgan fingerprint density at radius 2 is 2.05 bits per heavy atom. The van der Waals surface area contributed by atoms with Crippen LogP contribution in [0, 0.1) is 6.92 Å². The van der Waals surface area contributed by atoms with E-state index in [0.717, 1.165) is 43.5 Å². The number of aromatic amines is 1. The van der Waals surface area contributed by atoms with Crippen molar-refractivity contribution in [3.63, 3.8) is 0 Å². The lowest BCUT2D eigenvalue weighted by Crippen LogP contribution is -2.36. The molecule has 0 atom stereocenters. The number of piperidine rings is 1. The van der Waals surface area contributed by atoms with E-state index in [1.807, 2.05) is 16.7 Å². The molecule has 0 spiro atoms. The number of H-pyrrole nitrogens is 1. The summed E-state index contributed by atoms with van der Waals surface area (Å²) in [7, 11) is 0. The molecule has 102 valence electrons. The van der Waals surface area contributed by atoms with Gasteiger partial charge in [-0.2, -0.15) is 0 Å². The van der Waals surface area contributed by atoms with Crippen molar-refractivity contribution in [3.8, 4) is 0 Å². The topological polar surface area (TPSA) is 41.0 Å². The fourth-order valence-electron chi connectivity index (χ4n) is 3.20. The average molecular weight is 259 g/mol. The van der Waals surface area contributed by atoms with Crippen molar-refractivity contribution < 1.29 is 0 Å². The van der Waals surface area contributed by atoms with Crippen LogP contribution in [0.4, 0.5) is 0 Å². The molecule has 1 aliphatic rings. The molecule has 1 saturated heterocycles. The van der Waals surface area contributed by atoms with E-state index in [-0.39, 0.29) is 5.69 Å². The number of aryl methyl sites for hydroxylation is 1. The van der Waals surface area contributed by atoms with E-state index in [2.05, 4.69) is 29.8 Å². The molecule has 2 aromatic rings. The number of para-hydroxylation sites is 1. The predicted octanol–water partition coefficient (Wildman–Crippen LogP) is 2.29. The highest BCUT2D eigenvalue weighted by molar-refractivity contribution is 5.78. The molecule has 4 nitrogen and oxygen atoms in total. The smallest absolute Gasteiger partial charge is 0.306 e. The van der Waals surface area contributed by atoms with Crippen LogP contribution in [0.3, 0.4) is 0 Å². The molecule has 1 aromatic heterocycles. The largest absolute Gasteiger partial charge is 0.326 e. The number of hydrogen-bond donors (Lipinski definition) is 1. The van der Waals surface area contributed by atoms with Gasteiger partial charge in [-0.15, -0.1) is 0 Å². The number of fused-ring (bicyclic) bond motifs is 1. The Balaban J connectivity index is 2.01. The van der Waals surface area contributed by atoms with Crippen molar-refractivity contribution in [2.24, 2.45) is 0 Å². The van der Waals surface area contributed by atoms with Crippen molar-refractivity contribution >= 4 is 11.0 Å². The molecule has 0 bridgehead atoms. The summed E-state index contributed by atoms with van der Waals surface area (Å²) < 4.78 is 1.98. The van der Waals surface area contributed by atoms with Gasteiger partial charge in [0, 0.05) is 19.1 Å². The van der Waals surface area contributed by atoms with Crippen LogP contribution >= 0.6 is 0 Å². The fraction of sp³-hybridized carbons (Fsp3) is 0.533. The second kappa shape index (κ2) is 4.85. The summed E-state index contributed by atoms with van der Waals surface area (Å²) in [5.41, 5.74) is 3.26. The van der Waals surface area contributed by atoms with Crippen molar-refractivity contribution in [2.75, 3.05) is 19.6 Å². The summed E-state index contributed by atoms with van der Waals surface area (Å²) in [6.07, 6.45) is 2.13. The van der Waals surface area contributed by atoms with Crippen LogP contribution in [0.15, 0.2) is 23.0 Å². The third-order valence-corrected chi connectivity index (χ3v) is 4.31. The molecule has 3 rings (SSSR count). The van der Waals surface area contributed by atoms with E-state index in [1.165, 1.54) is 5.56 Å². The van der Waals surface area contributed by atoms with Crippen molar-refractivity contribution in [1.29, 1.82) is 0 Å².